The molecule has 5 nitrogen and oxygen atoms in total. The number of fused-ring (bicyclic) bond motifs is 1. The SMILES string of the molecule is CC1(CC(=O)O)O[C@H]2CCCCC[C@H]2O1.NCc1ccccc1. The molecule has 0 bridgehead atoms. The average molecular weight is 321 g/mol. The van der Waals surface area contributed by atoms with E-state index in [2.05, 4.69) is 0 Å². The first-order valence-corrected chi connectivity index (χ1v) is 8.34. The number of hydrogen-bond donors (Lipinski definition) is 2. The van der Waals surface area contributed by atoms with Gasteiger partial charge in [0.05, 0.1) is 18.6 Å². The third-order valence-electron chi connectivity index (χ3n) is 4.24. The summed E-state index contributed by atoms with van der Waals surface area (Å²) in [7, 11) is 0. The van der Waals surface area contributed by atoms with Crippen molar-refractivity contribution >= 4 is 5.97 Å². The molecule has 128 valence electrons. The standard InChI is InChI=1S/C11H18O4.C7H9N/c1-11(7-10(12)13)14-8-5-3-2-4-6-9(8)15-11;8-6-7-4-2-1-3-5-7/h8-9H,2-7H2,1H3,(H,12,13);1-5H,6,8H2/t8-,9+,11?;. The second kappa shape index (κ2) is 8.43. The van der Waals surface area contributed by atoms with Gasteiger partial charge in [0.1, 0.15) is 0 Å². The maximum atomic E-state index is 10.7. The molecule has 2 fully saturated rings. The molecule has 0 spiro atoms. The molecule has 0 radical (unpaired) electrons. The van der Waals surface area contributed by atoms with Crippen LogP contribution in [0.5, 0.6) is 0 Å². The largest absolute Gasteiger partial charge is 0.481 e. The van der Waals surface area contributed by atoms with Crippen molar-refractivity contribution in [2.24, 2.45) is 5.73 Å². The summed E-state index contributed by atoms with van der Waals surface area (Å²) in [5, 5.41) is 8.77. The monoisotopic (exact) mass is 321 g/mol. The van der Waals surface area contributed by atoms with Gasteiger partial charge in [0, 0.05) is 6.54 Å². The van der Waals surface area contributed by atoms with Crippen molar-refractivity contribution in [3.05, 3.63) is 35.9 Å². The van der Waals surface area contributed by atoms with Gasteiger partial charge in [-0.3, -0.25) is 4.79 Å². The molecule has 3 N–H and O–H groups in total. The van der Waals surface area contributed by atoms with Crippen LogP contribution in [0.2, 0.25) is 0 Å². The summed E-state index contributed by atoms with van der Waals surface area (Å²) in [6, 6.07) is 9.99. The zero-order valence-electron chi connectivity index (χ0n) is 13.7. The van der Waals surface area contributed by atoms with Gasteiger partial charge < -0.3 is 20.3 Å². The minimum absolute atomic E-state index is 0.0694. The van der Waals surface area contributed by atoms with E-state index in [9.17, 15) is 4.79 Å². The zero-order valence-corrected chi connectivity index (χ0v) is 13.7. The van der Waals surface area contributed by atoms with Crippen molar-refractivity contribution in [2.75, 3.05) is 0 Å². The summed E-state index contributed by atoms with van der Waals surface area (Å²) in [4.78, 5) is 10.7. The molecule has 1 saturated carbocycles. The Hall–Kier alpha value is -1.43. The molecule has 1 aliphatic carbocycles. The predicted octanol–water partition coefficient (Wildman–Crippen LogP) is 3.07. The number of benzene rings is 1. The fourth-order valence-electron chi connectivity index (χ4n) is 3.15. The molecular weight excluding hydrogens is 294 g/mol. The topological polar surface area (TPSA) is 81.8 Å². The van der Waals surface area contributed by atoms with Gasteiger partial charge in [-0.1, -0.05) is 49.6 Å². The van der Waals surface area contributed by atoms with Crippen molar-refractivity contribution in [2.45, 2.75) is 70.0 Å². The molecule has 0 aromatic heterocycles. The molecule has 2 aliphatic rings. The van der Waals surface area contributed by atoms with E-state index in [1.165, 1.54) is 12.0 Å². The Labute approximate surface area is 137 Å². The highest BCUT2D eigenvalue weighted by atomic mass is 16.8. The number of hydrogen-bond acceptors (Lipinski definition) is 4. The van der Waals surface area contributed by atoms with Gasteiger partial charge in [0.15, 0.2) is 5.79 Å². The van der Waals surface area contributed by atoms with Crippen LogP contribution in [0.25, 0.3) is 0 Å². The highest BCUT2D eigenvalue weighted by molar-refractivity contribution is 5.67. The number of nitrogens with two attached hydrogens (primary N) is 1. The lowest BCUT2D eigenvalue weighted by atomic mass is 10.1. The van der Waals surface area contributed by atoms with E-state index in [0.717, 1.165) is 25.7 Å². The van der Waals surface area contributed by atoms with Crippen LogP contribution in [0.1, 0.15) is 51.0 Å². The first-order chi connectivity index (χ1) is 11.0. The van der Waals surface area contributed by atoms with E-state index in [-0.39, 0.29) is 18.6 Å². The van der Waals surface area contributed by atoms with Crippen molar-refractivity contribution in [1.29, 1.82) is 0 Å². The lowest BCUT2D eigenvalue weighted by Crippen LogP contribution is -2.30. The number of carboxylic acids is 1. The van der Waals surface area contributed by atoms with Crippen molar-refractivity contribution in [3.63, 3.8) is 0 Å². The minimum atomic E-state index is -0.904. The minimum Gasteiger partial charge on any atom is -0.481 e. The van der Waals surface area contributed by atoms with Gasteiger partial charge >= 0.3 is 5.97 Å². The van der Waals surface area contributed by atoms with Crippen molar-refractivity contribution < 1.29 is 19.4 Å². The van der Waals surface area contributed by atoms with Gasteiger partial charge in [-0.2, -0.15) is 0 Å². The lowest BCUT2D eigenvalue weighted by molar-refractivity contribution is -0.181. The van der Waals surface area contributed by atoms with Crippen LogP contribution in [0.4, 0.5) is 0 Å². The van der Waals surface area contributed by atoms with Crippen molar-refractivity contribution in [1.82, 2.24) is 0 Å². The smallest absolute Gasteiger partial charge is 0.308 e. The molecule has 3 rings (SSSR count). The number of ether oxygens (including phenoxy) is 2. The Bertz CT molecular complexity index is 477. The third kappa shape index (κ3) is 5.61. The molecule has 0 amide bonds. The number of aliphatic carboxylic acids is 1. The van der Waals surface area contributed by atoms with Crippen LogP contribution in [0.3, 0.4) is 0 Å². The van der Waals surface area contributed by atoms with Gasteiger partial charge in [-0.25, -0.2) is 0 Å². The summed E-state index contributed by atoms with van der Waals surface area (Å²) in [5.41, 5.74) is 6.54. The quantitative estimate of drug-likeness (QED) is 0.894. The molecule has 1 unspecified atom stereocenters. The summed E-state index contributed by atoms with van der Waals surface area (Å²) in [6.07, 6.45) is 5.70. The first-order valence-electron chi connectivity index (χ1n) is 8.34. The lowest BCUT2D eigenvalue weighted by Gasteiger charge is -2.21. The normalized spacial score (nSPS) is 29.8. The maximum absolute atomic E-state index is 10.7. The molecule has 1 saturated heterocycles. The summed E-state index contributed by atoms with van der Waals surface area (Å²) < 4.78 is 11.5. The molecule has 23 heavy (non-hydrogen) atoms. The Morgan fingerprint density at radius 3 is 2.17 bits per heavy atom. The number of carboxylic acid groups (broad SMARTS) is 1. The average Bonchev–Trinajstić information content (AvgIpc) is 2.68. The molecular formula is C18H27NO4. The molecule has 5 heteroatoms. The van der Waals surface area contributed by atoms with E-state index in [1.54, 1.807) is 6.92 Å². The molecule has 1 aliphatic heterocycles. The summed E-state index contributed by atoms with van der Waals surface area (Å²) >= 11 is 0. The Balaban J connectivity index is 0.000000203. The van der Waals surface area contributed by atoms with Gasteiger partial charge in [0.25, 0.3) is 0 Å². The van der Waals surface area contributed by atoms with E-state index < -0.39 is 11.8 Å². The fourth-order valence-corrected chi connectivity index (χ4v) is 3.15. The molecule has 1 heterocycles. The van der Waals surface area contributed by atoms with Crippen LogP contribution in [0, 0.1) is 0 Å². The first kappa shape index (κ1) is 17.9. The number of carbonyl (C=O) groups is 1. The maximum Gasteiger partial charge on any atom is 0.308 e. The second-order valence-corrected chi connectivity index (χ2v) is 6.34. The Morgan fingerprint density at radius 1 is 1.17 bits per heavy atom. The number of rotatable bonds is 3. The van der Waals surface area contributed by atoms with E-state index in [0.29, 0.717) is 6.54 Å². The molecule has 1 aromatic carbocycles. The highest BCUT2D eigenvalue weighted by Crippen LogP contribution is 2.37. The Kier molecular flexibility index (Phi) is 6.57. The van der Waals surface area contributed by atoms with Crippen LogP contribution in [-0.2, 0) is 20.8 Å². The highest BCUT2D eigenvalue weighted by Gasteiger charge is 2.45. The van der Waals surface area contributed by atoms with E-state index in [4.69, 9.17) is 20.3 Å². The summed E-state index contributed by atoms with van der Waals surface area (Å²) in [5.74, 6) is -1.77. The van der Waals surface area contributed by atoms with Crippen LogP contribution in [-0.4, -0.2) is 29.1 Å². The predicted molar refractivity (Wildman–Crippen MR) is 87.8 cm³/mol. The van der Waals surface area contributed by atoms with E-state index in [1.807, 2.05) is 30.3 Å². The van der Waals surface area contributed by atoms with Crippen molar-refractivity contribution in [3.8, 4) is 0 Å². The van der Waals surface area contributed by atoms with Crippen LogP contribution < -0.4 is 5.73 Å². The van der Waals surface area contributed by atoms with Crippen LogP contribution in [0.15, 0.2) is 30.3 Å². The van der Waals surface area contributed by atoms with Crippen LogP contribution >= 0.6 is 0 Å². The van der Waals surface area contributed by atoms with Gasteiger partial charge in [0.2, 0.25) is 0 Å². The molecule has 1 aromatic rings. The second-order valence-electron chi connectivity index (χ2n) is 6.34. The zero-order chi connectivity index (χ0) is 16.7. The van der Waals surface area contributed by atoms with Gasteiger partial charge in [-0.15, -0.1) is 0 Å². The summed E-state index contributed by atoms with van der Waals surface area (Å²) in [6.45, 7) is 2.37. The van der Waals surface area contributed by atoms with Gasteiger partial charge in [-0.05, 0) is 25.3 Å². The third-order valence-corrected chi connectivity index (χ3v) is 4.24. The molecule has 3 atom stereocenters. The van der Waals surface area contributed by atoms with E-state index >= 15 is 0 Å². The fraction of sp³-hybridized carbons (Fsp3) is 0.611. The Morgan fingerprint density at radius 2 is 1.74 bits per heavy atom.